The number of benzene rings is 1. The summed E-state index contributed by atoms with van der Waals surface area (Å²) in [6.45, 7) is 7.93. The van der Waals surface area contributed by atoms with Crippen LogP contribution in [0.4, 0.5) is 0 Å². The van der Waals surface area contributed by atoms with Crippen LogP contribution >= 0.6 is 0 Å². The van der Waals surface area contributed by atoms with Crippen molar-refractivity contribution in [3.05, 3.63) is 65.4 Å². The highest BCUT2D eigenvalue weighted by Gasteiger charge is 2.20. The Hall–Kier alpha value is -3.35. The molecule has 1 amide bonds. The molecule has 7 heteroatoms. The highest BCUT2D eigenvalue weighted by atomic mass is 16.5. The zero-order chi connectivity index (χ0) is 20.4. The van der Waals surface area contributed by atoms with Gasteiger partial charge in [0, 0.05) is 37.6 Å². The lowest BCUT2D eigenvalue weighted by molar-refractivity contribution is 0.0749. The third kappa shape index (κ3) is 3.43. The quantitative estimate of drug-likeness (QED) is 0.617. The maximum atomic E-state index is 13.1. The molecule has 146 valence electrons. The molecule has 0 radical (unpaired) electrons. The van der Waals surface area contributed by atoms with Crippen molar-refractivity contribution >= 4 is 11.6 Å². The first-order chi connectivity index (χ1) is 13.4. The number of methoxy groups -OCH3 is 1. The zero-order valence-corrected chi connectivity index (χ0v) is 16.5. The highest BCUT2D eigenvalue weighted by Crippen LogP contribution is 2.22. The lowest BCUT2D eigenvalue weighted by atomic mass is 10.1. The van der Waals surface area contributed by atoms with Crippen LogP contribution in [0.5, 0.6) is 5.75 Å². The summed E-state index contributed by atoms with van der Waals surface area (Å²) in [4.78, 5) is 31.6. The van der Waals surface area contributed by atoms with Gasteiger partial charge in [0.1, 0.15) is 11.4 Å². The van der Waals surface area contributed by atoms with Crippen molar-refractivity contribution in [1.82, 2.24) is 18.9 Å². The van der Waals surface area contributed by atoms with Crippen LogP contribution in [0.2, 0.25) is 0 Å². The first kappa shape index (κ1) is 19.4. The molecular weight excluding hydrogens is 356 g/mol. The van der Waals surface area contributed by atoms with Gasteiger partial charge in [0.25, 0.3) is 11.5 Å². The maximum Gasteiger partial charge on any atom is 0.295 e. The predicted molar refractivity (Wildman–Crippen MR) is 109 cm³/mol. The molecule has 7 nitrogen and oxygen atoms in total. The molecule has 0 saturated carbocycles. The van der Waals surface area contributed by atoms with E-state index in [1.807, 2.05) is 38.1 Å². The number of carbonyl (C=O) groups excluding carboxylic acids is 1. The van der Waals surface area contributed by atoms with E-state index in [0.717, 1.165) is 11.3 Å². The predicted octanol–water partition coefficient (Wildman–Crippen LogP) is 2.84. The molecule has 0 aliphatic carbocycles. The van der Waals surface area contributed by atoms with Gasteiger partial charge in [-0.1, -0.05) is 6.08 Å². The lowest BCUT2D eigenvalue weighted by Gasteiger charge is -2.19. The minimum atomic E-state index is -0.278. The molecule has 28 heavy (non-hydrogen) atoms. The first-order valence-electron chi connectivity index (χ1n) is 9.02. The molecule has 2 aromatic heterocycles. The van der Waals surface area contributed by atoms with Crippen LogP contribution in [0.25, 0.3) is 16.9 Å². The number of ether oxygens (including phenoxy) is 1. The molecule has 0 aliphatic heterocycles. The van der Waals surface area contributed by atoms with E-state index in [0.29, 0.717) is 12.2 Å². The molecule has 0 aliphatic rings. The Morgan fingerprint density at radius 3 is 2.54 bits per heavy atom. The average molecular weight is 380 g/mol. The lowest BCUT2D eigenvalue weighted by Crippen LogP contribution is -2.33. The van der Waals surface area contributed by atoms with E-state index in [1.165, 1.54) is 0 Å². The van der Waals surface area contributed by atoms with Crippen molar-refractivity contribution in [2.45, 2.75) is 26.4 Å². The number of imidazole rings is 1. The second-order valence-electron chi connectivity index (χ2n) is 6.81. The number of rotatable bonds is 6. The SMILES string of the molecule is C=CCn1c(-c2ccc(OC)cc2)cn2cc(C(=O)N(C)C(C)C)nc2c1=O. The van der Waals surface area contributed by atoms with Crippen LogP contribution in [0.3, 0.4) is 0 Å². The third-order valence-corrected chi connectivity index (χ3v) is 4.73. The van der Waals surface area contributed by atoms with Gasteiger partial charge < -0.3 is 9.64 Å². The molecule has 0 fully saturated rings. The second-order valence-corrected chi connectivity index (χ2v) is 6.81. The van der Waals surface area contributed by atoms with Crippen LogP contribution in [0.1, 0.15) is 24.3 Å². The zero-order valence-electron chi connectivity index (χ0n) is 16.5. The number of hydrogen-bond donors (Lipinski definition) is 0. The number of allylic oxidation sites excluding steroid dienone is 1. The second kappa shape index (κ2) is 7.72. The Morgan fingerprint density at radius 2 is 1.96 bits per heavy atom. The molecule has 3 rings (SSSR count). The fourth-order valence-electron chi connectivity index (χ4n) is 2.90. The summed E-state index contributed by atoms with van der Waals surface area (Å²) >= 11 is 0. The molecule has 0 spiro atoms. The standard InChI is InChI=1S/C21H24N4O3/c1-6-11-25-18(15-7-9-16(28-5)10-8-15)13-24-12-17(22-19(24)21(25)27)20(26)23(4)14(2)3/h6-10,12-14H,1,11H2,2-5H3. The van der Waals surface area contributed by atoms with E-state index >= 15 is 0 Å². The molecular formula is C21H24N4O3. The van der Waals surface area contributed by atoms with Gasteiger partial charge in [0.2, 0.25) is 5.65 Å². The Balaban J connectivity index is 2.18. The van der Waals surface area contributed by atoms with E-state index < -0.39 is 0 Å². The first-order valence-corrected chi connectivity index (χ1v) is 9.02. The maximum absolute atomic E-state index is 13.1. The smallest absolute Gasteiger partial charge is 0.295 e. The molecule has 0 bridgehead atoms. The minimum Gasteiger partial charge on any atom is -0.497 e. The molecule has 1 aromatic carbocycles. The Bertz CT molecular complexity index is 1080. The van der Waals surface area contributed by atoms with E-state index in [9.17, 15) is 9.59 Å². The van der Waals surface area contributed by atoms with E-state index in [1.54, 1.807) is 46.5 Å². The summed E-state index contributed by atoms with van der Waals surface area (Å²) in [5, 5.41) is 0. The van der Waals surface area contributed by atoms with Crippen LogP contribution < -0.4 is 10.3 Å². The fourth-order valence-corrected chi connectivity index (χ4v) is 2.90. The largest absolute Gasteiger partial charge is 0.497 e. The molecule has 0 saturated heterocycles. The van der Waals surface area contributed by atoms with Gasteiger partial charge in [-0.05, 0) is 38.1 Å². The molecule has 0 N–H and O–H groups in total. The van der Waals surface area contributed by atoms with Crippen molar-refractivity contribution in [1.29, 1.82) is 0 Å². The Kier molecular flexibility index (Phi) is 5.35. The van der Waals surface area contributed by atoms with Gasteiger partial charge in [-0.2, -0.15) is 0 Å². The van der Waals surface area contributed by atoms with Gasteiger partial charge in [-0.15, -0.1) is 6.58 Å². The fraction of sp³-hybridized carbons (Fsp3) is 0.286. The number of hydrogen-bond acceptors (Lipinski definition) is 4. The van der Waals surface area contributed by atoms with Crippen LogP contribution in [0, 0.1) is 0 Å². The topological polar surface area (TPSA) is 68.8 Å². The summed E-state index contributed by atoms with van der Waals surface area (Å²) in [5.74, 6) is 0.508. The third-order valence-electron chi connectivity index (χ3n) is 4.73. The average Bonchev–Trinajstić information content (AvgIpc) is 3.13. The van der Waals surface area contributed by atoms with Gasteiger partial charge in [-0.25, -0.2) is 4.98 Å². The van der Waals surface area contributed by atoms with E-state index in [4.69, 9.17) is 4.74 Å². The van der Waals surface area contributed by atoms with E-state index in [-0.39, 0.29) is 28.8 Å². The normalized spacial score (nSPS) is 11.0. The van der Waals surface area contributed by atoms with Gasteiger partial charge >= 0.3 is 0 Å². The molecule has 2 heterocycles. The highest BCUT2D eigenvalue weighted by molar-refractivity contribution is 5.93. The number of nitrogens with zero attached hydrogens (tertiary/aromatic N) is 4. The van der Waals surface area contributed by atoms with Crippen molar-refractivity contribution in [2.75, 3.05) is 14.2 Å². The summed E-state index contributed by atoms with van der Waals surface area (Å²) in [6.07, 6.45) is 5.07. The molecule has 3 aromatic rings. The number of fused-ring (bicyclic) bond motifs is 1. The van der Waals surface area contributed by atoms with Crippen LogP contribution in [0.15, 0.2) is 54.1 Å². The number of aromatic nitrogens is 3. The molecule has 0 atom stereocenters. The van der Waals surface area contributed by atoms with Crippen molar-refractivity contribution < 1.29 is 9.53 Å². The minimum absolute atomic E-state index is 0.0320. The molecule has 0 unspecified atom stereocenters. The Labute approximate surface area is 163 Å². The monoisotopic (exact) mass is 380 g/mol. The van der Waals surface area contributed by atoms with Gasteiger partial charge in [0.05, 0.1) is 12.8 Å². The van der Waals surface area contributed by atoms with Crippen molar-refractivity contribution in [2.24, 2.45) is 0 Å². The van der Waals surface area contributed by atoms with Crippen molar-refractivity contribution in [3.63, 3.8) is 0 Å². The van der Waals surface area contributed by atoms with Crippen molar-refractivity contribution in [3.8, 4) is 17.0 Å². The van der Waals surface area contributed by atoms with Crippen LogP contribution in [-0.4, -0.2) is 45.0 Å². The van der Waals surface area contributed by atoms with E-state index in [2.05, 4.69) is 11.6 Å². The summed E-state index contributed by atoms with van der Waals surface area (Å²) < 4.78 is 8.41. The van der Waals surface area contributed by atoms with Gasteiger partial charge in [0.15, 0.2) is 0 Å². The van der Waals surface area contributed by atoms with Crippen LogP contribution in [-0.2, 0) is 6.54 Å². The van der Waals surface area contributed by atoms with Gasteiger partial charge in [-0.3, -0.25) is 18.6 Å². The summed E-state index contributed by atoms with van der Waals surface area (Å²) in [6, 6.07) is 7.47. The Morgan fingerprint density at radius 1 is 1.29 bits per heavy atom. The number of carbonyl (C=O) groups is 1. The summed E-state index contributed by atoms with van der Waals surface area (Å²) in [5.41, 5.74) is 1.72. The number of amides is 1. The summed E-state index contributed by atoms with van der Waals surface area (Å²) in [7, 11) is 3.32.